The van der Waals surface area contributed by atoms with Crippen molar-refractivity contribution in [2.24, 2.45) is 0 Å². The van der Waals surface area contributed by atoms with E-state index >= 15 is 0 Å². The summed E-state index contributed by atoms with van der Waals surface area (Å²) in [6.07, 6.45) is 4.13. The molecule has 2 atom stereocenters. The molecule has 0 heterocycles. The molecule has 0 fully saturated rings. The van der Waals surface area contributed by atoms with Gasteiger partial charge in [0.05, 0.1) is 0 Å². The first kappa shape index (κ1) is 27.4. The van der Waals surface area contributed by atoms with Crippen molar-refractivity contribution in [3.63, 3.8) is 0 Å². The van der Waals surface area contributed by atoms with Gasteiger partial charge in [0.15, 0.2) is 0 Å². The summed E-state index contributed by atoms with van der Waals surface area (Å²) in [6.45, 7) is 11.5. The van der Waals surface area contributed by atoms with Gasteiger partial charge in [0.25, 0.3) is 0 Å². The molecule has 2 unspecified atom stereocenters. The fraction of sp³-hybridized carbons (Fsp3) is 0.875. The molecule has 0 amide bonds. The van der Waals surface area contributed by atoms with Crippen molar-refractivity contribution in [3.05, 3.63) is 0 Å². The van der Waals surface area contributed by atoms with Gasteiger partial charge in [-0.3, -0.25) is 9.78 Å². The molecular weight excluding hydrogens is 336 g/mol. The summed E-state index contributed by atoms with van der Waals surface area (Å²) in [4.78, 5) is 39.9. The van der Waals surface area contributed by atoms with Crippen LogP contribution < -0.4 is 0 Å². The minimum Gasteiger partial charge on any atom is -0.298 e. The SMILES string of the molecule is CCCC(=O)OOC(C)CC.CCCC(=O)OOC(C)CC.[Ti]. The summed E-state index contributed by atoms with van der Waals surface area (Å²) in [6, 6.07) is 0. The Morgan fingerprint density at radius 2 is 1.04 bits per heavy atom. The van der Waals surface area contributed by atoms with Crippen LogP contribution in [0.5, 0.6) is 0 Å². The molecule has 0 aliphatic heterocycles. The van der Waals surface area contributed by atoms with Crippen LogP contribution in [0.15, 0.2) is 0 Å². The summed E-state index contributed by atoms with van der Waals surface area (Å²) < 4.78 is 0. The van der Waals surface area contributed by atoms with E-state index in [-0.39, 0.29) is 45.9 Å². The first-order valence-corrected chi connectivity index (χ1v) is 8.13. The van der Waals surface area contributed by atoms with E-state index in [1.165, 1.54) is 0 Å². The molecule has 0 aromatic heterocycles. The molecule has 0 aromatic carbocycles. The maximum Gasteiger partial charge on any atom is 0.342 e. The molecule has 0 saturated carbocycles. The van der Waals surface area contributed by atoms with Gasteiger partial charge >= 0.3 is 11.9 Å². The van der Waals surface area contributed by atoms with Crippen LogP contribution in [0.4, 0.5) is 0 Å². The van der Waals surface area contributed by atoms with Gasteiger partial charge in [0, 0.05) is 34.6 Å². The molecule has 0 spiro atoms. The minimum atomic E-state index is -0.284. The average Bonchev–Trinajstić information content (AvgIpc) is 2.51. The van der Waals surface area contributed by atoms with E-state index in [4.69, 9.17) is 9.78 Å². The molecule has 0 rings (SSSR count). The van der Waals surface area contributed by atoms with Crippen molar-refractivity contribution in [1.82, 2.24) is 0 Å². The summed E-state index contributed by atoms with van der Waals surface area (Å²) >= 11 is 0. The molecule has 136 valence electrons. The van der Waals surface area contributed by atoms with E-state index < -0.39 is 0 Å². The molecule has 23 heavy (non-hydrogen) atoms. The second-order valence-electron chi connectivity index (χ2n) is 5.04. The van der Waals surface area contributed by atoms with Crippen molar-refractivity contribution in [2.75, 3.05) is 0 Å². The molecule has 0 aliphatic rings. The number of hydrogen-bond donors (Lipinski definition) is 0. The van der Waals surface area contributed by atoms with Crippen LogP contribution in [0, 0.1) is 0 Å². The molecule has 0 aromatic rings. The summed E-state index contributed by atoms with van der Waals surface area (Å²) in [5.41, 5.74) is 0. The Kier molecular flexibility index (Phi) is 23.4. The van der Waals surface area contributed by atoms with Crippen LogP contribution in [0.1, 0.15) is 80.1 Å². The normalized spacial score (nSPS) is 12.1. The first-order chi connectivity index (χ1) is 10.4. The van der Waals surface area contributed by atoms with Gasteiger partial charge in [-0.25, -0.2) is 9.59 Å². The van der Waals surface area contributed by atoms with Gasteiger partial charge in [-0.1, -0.05) is 27.7 Å². The number of hydrogen-bond acceptors (Lipinski definition) is 6. The molecule has 0 N–H and O–H groups in total. The second kappa shape index (κ2) is 19.6. The van der Waals surface area contributed by atoms with Crippen LogP contribution >= 0.6 is 0 Å². The maximum absolute atomic E-state index is 10.7. The largest absolute Gasteiger partial charge is 0.342 e. The molecule has 0 radical (unpaired) electrons. The zero-order chi connectivity index (χ0) is 17.4. The van der Waals surface area contributed by atoms with Gasteiger partial charge < -0.3 is 0 Å². The predicted octanol–water partition coefficient (Wildman–Crippen LogP) is 4.12. The fourth-order valence-electron chi connectivity index (χ4n) is 0.899. The second-order valence-corrected chi connectivity index (χ2v) is 5.04. The predicted molar refractivity (Wildman–Crippen MR) is 83.7 cm³/mol. The third-order valence-corrected chi connectivity index (χ3v) is 2.67. The summed E-state index contributed by atoms with van der Waals surface area (Å²) in [5, 5.41) is 0. The van der Waals surface area contributed by atoms with E-state index in [0.717, 1.165) is 25.7 Å². The van der Waals surface area contributed by atoms with E-state index in [1.54, 1.807) is 0 Å². The molecule has 6 nitrogen and oxygen atoms in total. The zero-order valence-corrected chi connectivity index (χ0v) is 16.9. The van der Waals surface area contributed by atoms with Crippen LogP contribution in [0.2, 0.25) is 0 Å². The van der Waals surface area contributed by atoms with E-state index in [0.29, 0.717) is 12.8 Å². The average molecular weight is 368 g/mol. The van der Waals surface area contributed by atoms with Crippen LogP contribution in [0.3, 0.4) is 0 Å². The Balaban J connectivity index is -0.000000333. The smallest absolute Gasteiger partial charge is 0.298 e. The van der Waals surface area contributed by atoms with Gasteiger partial charge in [-0.05, 0) is 39.5 Å². The first-order valence-electron chi connectivity index (χ1n) is 8.13. The Morgan fingerprint density at radius 3 is 1.26 bits per heavy atom. The van der Waals surface area contributed by atoms with E-state index in [1.807, 2.05) is 41.5 Å². The van der Waals surface area contributed by atoms with Crippen molar-refractivity contribution in [3.8, 4) is 0 Å². The third-order valence-electron chi connectivity index (χ3n) is 2.67. The topological polar surface area (TPSA) is 71.1 Å². The van der Waals surface area contributed by atoms with Gasteiger partial charge in [-0.15, -0.1) is 0 Å². The molecule has 0 bridgehead atoms. The molecular formula is C16H32O6Ti. The Labute approximate surface area is 155 Å². The minimum absolute atomic E-state index is 0. The molecule has 0 saturated heterocycles. The monoisotopic (exact) mass is 368 g/mol. The third kappa shape index (κ3) is 21.6. The summed E-state index contributed by atoms with van der Waals surface area (Å²) in [5.74, 6) is -0.569. The Hall–Kier alpha value is -0.426. The zero-order valence-electron chi connectivity index (χ0n) is 15.3. The van der Waals surface area contributed by atoms with Crippen LogP contribution in [-0.4, -0.2) is 24.1 Å². The maximum atomic E-state index is 10.7. The van der Waals surface area contributed by atoms with Crippen molar-refractivity contribution in [1.29, 1.82) is 0 Å². The van der Waals surface area contributed by atoms with Crippen molar-refractivity contribution < 1.29 is 50.9 Å². The Morgan fingerprint density at radius 1 is 0.739 bits per heavy atom. The number of rotatable bonds is 10. The van der Waals surface area contributed by atoms with E-state index in [2.05, 4.69) is 9.78 Å². The fourth-order valence-corrected chi connectivity index (χ4v) is 0.899. The van der Waals surface area contributed by atoms with Crippen molar-refractivity contribution >= 4 is 11.9 Å². The summed E-state index contributed by atoms with van der Waals surface area (Å²) in [7, 11) is 0. The van der Waals surface area contributed by atoms with Gasteiger partial charge in [0.2, 0.25) is 0 Å². The molecule has 7 heteroatoms. The number of carbonyl (C=O) groups is 2. The quantitative estimate of drug-likeness (QED) is 0.328. The van der Waals surface area contributed by atoms with Crippen molar-refractivity contribution in [2.45, 2.75) is 92.3 Å². The van der Waals surface area contributed by atoms with Gasteiger partial charge in [0.1, 0.15) is 12.2 Å². The Bertz CT molecular complexity index is 258. The van der Waals surface area contributed by atoms with E-state index in [9.17, 15) is 9.59 Å². The van der Waals surface area contributed by atoms with Gasteiger partial charge in [-0.2, -0.15) is 9.78 Å². The van der Waals surface area contributed by atoms with Crippen LogP contribution in [0.25, 0.3) is 0 Å². The van der Waals surface area contributed by atoms with Crippen LogP contribution in [-0.2, 0) is 50.9 Å². The number of carbonyl (C=O) groups excluding carboxylic acids is 2. The molecule has 0 aliphatic carbocycles. The standard InChI is InChI=1S/2C8H16O3.Ti/c2*1-4-6-8(9)11-10-7(3)5-2;/h2*7H,4-6H2,1-3H3;.